The van der Waals surface area contributed by atoms with Crippen LogP contribution in [0.4, 0.5) is 0 Å². The average Bonchev–Trinajstić information content (AvgIpc) is 2.83. The van der Waals surface area contributed by atoms with E-state index in [0.717, 1.165) is 6.42 Å². The smallest absolute Gasteiger partial charge is 0.0591 e. The number of thioether (sulfide) groups is 1. The highest BCUT2D eigenvalue weighted by Crippen LogP contribution is 2.42. The zero-order valence-electron chi connectivity index (χ0n) is 12.6. The van der Waals surface area contributed by atoms with Crippen molar-refractivity contribution < 1.29 is 0 Å². The van der Waals surface area contributed by atoms with Crippen LogP contribution in [0, 0.1) is 20.8 Å². The molecular weight excluding hydrogens is 282 g/mol. The molecule has 0 radical (unpaired) electrons. The molecule has 1 aromatic carbocycles. The van der Waals surface area contributed by atoms with Crippen molar-refractivity contribution in [2.24, 2.45) is 5.73 Å². The molecule has 2 aromatic rings. The lowest BCUT2D eigenvalue weighted by atomic mass is 10.1. The van der Waals surface area contributed by atoms with Gasteiger partial charge >= 0.3 is 0 Å². The van der Waals surface area contributed by atoms with Crippen LogP contribution < -0.4 is 5.73 Å². The molecule has 0 aliphatic carbocycles. The number of aryl methyl sites for hydroxylation is 3. The predicted octanol–water partition coefficient (Wildman–Crippen LogP) is 5.24. The number of nitrogens with two attached hydrogens (primary N) is 1. The number of rotatable bonds is 5. The Bertz CT molecular complexity index is 574. The van der Waals surface area contributed by atoms with Crippen molar-refractivity contribution in [1.29, 1.82) is 0 Å². The standard InChI is InChI=1S/C17H23NS2/c1-5-14(18)17(16-12(3)8-9-19-16)20-15-7-6-11(2)10-13(15)4/h6-10,14,17H,5,18H2,1-4H3. The van der Waals surface area contributed by atoms with Crippen LogP contribution in [0.15, 0.2) is 34.5 Å². The molecule has 2 rings (SSSR count). The molecule has 0 bridgehead atoms. The first-order valence-electron chi connectivity index (χ1n) is 7.06. The average molecular weight is 306 g/mol. The monoisotopic (exact) mass is 305 g/mol. The lowest BCUT2D eigenvalue weighted by Gasteiger charge is -2.23. The van der Waals surface area contributed by atoms with Crippen LogP contribution in [0.5, 0.6) is 0 Å². The van der Waals surface area contributed by atoms with E-state index >= 15 is 0 Å². The Morgan fingerprint density at radius 3 is 2.45 bits per heavy atom. The Labute approximate surface area is 130 Å². The van der Waals surface area contributed by atoms with Crippen LogP contribution in [0.1, 0.15) is 40.2 Å². The van der Waals surface area contributed by atoms with E-state index in [1.807, 2.05) is 23.1 Å². The summed E-state index contributed by atoms with van der Waals surface area (Å²) in [5, 5.41) is 2.52. The molecule has 1 nitrogen and oxygen atoms in total. The van der Waals surface area contributed by atoms with Crippen LogP contribution in [-0.2, 0) is 0 Å². The summed E-state index contributed by atoms with van der Waals surface area (Å²) in [6.45, 7) is 8.68. The second-order valence-corrected chi connectivity index (χ2v) is 7.48. The molecule has 0 spiro atoms. The lowest BCUT2D eigenvalue weighted by Crippen LogP contribution is -2.25. The van der Waals surface area contributed by atoms with Gasteiger partial charge in [0.15, 0.2) is 0 Å². The van der Waals surface area contributed by atoms with Gasteiger partial charge in [0.1, 0.15) is 0 Å². The molecule has 2 unspecified atom stereocenters. The lowest BCUT2D eigenvalue weighted by molar-refractivity contribution is 0.638. The quantitative estimate of drug-likeness (QED) is 0.764. The normalized spacial score (nSPS) is 14.2. The van der Waals surface area contributed by atoms with Gasteiger partial charge in [-0.1, -0.05) is 24.6 Å². The summed E-state index contributed by atoms with van der Waals surface area (Å²) in [5.41, 5.74) is 10.4. The van der Waals surface area contributed by atoms with Crippen LogP contribution in [0.25, 0.3) is 0 Å². The Morgan fingerprint density at radius 2 is 1.90 bits per heavy atom. The fraction of sp³-hybridized carbons (Fsp3) is 0.412. The van der Waals surface area contributed by atoms with Crippen LogP contribution >= 0.6 is 23.1 Å². The van der Waals surface area contributed by atoms with Crippen molar-refractivity contribution in [2.45, 2.75) is 50.3 Å². The number of hydrogen-bond acceptors (Lipinski definition) is 3. The van der Waals surface area contributed by atoms with Gasteiger partial charge in [-0.25, -0.2) is 0 Å². The Hall–Kier alpha value is -0.770. The van der Waals surface area contributed by atoms with E-state index in [4.69, 9.17) is 5.73 Å². The molecule has 0 fully saturated rings. The van der Waals surface area contributed by atoms with Crippen molar-refractivity contribution in [3.8, 4) is 0 Å². The highest BCUT2D eigenvalue weighted by Gasteiger charge is 2.23. The highest BCUT2D eigenvalue weighted by molar-refractivity contribution is 7.99. The Balaban J connectivity index is 2.31. The molecule has 108 valence electrons. The predicted molar refractivity (Wildman–Crippen MR) is 91.8 cm³/mol. The summed E-state index contributed by atoms with van der Waals surface area (Å²) in [6.07, 6.45) is 1.000. The van der Waals surface area contributed by atoms with E-state index in [1.165, 1.54) is 26.5 Å². The largest absolute Gasteiger partial charge is 0.326 e. The number of hydrogen-bond donors (Lipinski definition) is 1. The van der Waals surface area contributed by atoms with Crippen molar-refractivity contribution in [2.75, 3.05) is 0 Å². The van der Waals surface area contributed by atoms with Crippen molar-refractivity contribution >= 4 is 23.1 Å². The van der Waals surface area contributed by atoms with Crippen molar-refractivity contribution in [3.63, 3.8) is 0 Å². The summed E-state index contributed by atoms with van der Waals surface area (Å²) in [5.74, 6) is 0. The summed E-state index contributed by atoms with van der Waals surface area (Å²) in [7, 11) is 0. The molecule has 0 saturated carbocycles. The van der Waals surface area contributed by atoms with E-state index in [0.29, 0.717) is 5.25 Å². The zero-order valence-corrected chi connectivity index (χ0v) is 14.3. The second-order valence-electron chi connectivity index (χ2n) is 5.35. The second kappa shape index (κ2) is 6.79. The molecule has 1 heterocycles. The maximum Gasteiger partial charge on any atom is 0.0591 e. The maximum atomic E-state index is 6.39. The minimum absolute atomic E-state index is 0.193. The first-order valence-corrected chi connectivity index (χ1v) is 8.82. The number of benzene rings is 1. The van der Waals surface area contributed by atoms with E-state index in [-0.39, 0.29) is 6.04 Å². The third-order valence-corrected chi connectivity index (χ3v) is 6.41. The van der Waals surface area contributed by atoms with Gasteiger partial charge in [-0.2, -0.15) is 0 Å². The summed E-state index contributed by atoms with van der Waals surface area (Å²) in [6, 6.07) is 9.05. The van der Waals surface area contributed by atoms with Gasteiger partial charge in [-0.3, -0.25) is 0 Å². The third kappa shape index (κ3) is 3.46. The third-order valence-electron chi connectivity index (χ3n) is 3.60. The molecule has 20 heavy (non-hydrogen) atoms. The van der Waals surface area contributed by atoms with Crippen molar-refractivity contribution in [3.05, 3.63) is 51.2 Å². The van der Waals surface area contributed by atoms with Gasteiger partial charge in [-0.15, -0.1) is 23.1 Å². The molecule has 2 atom stereocenters. The first kappa shape index (κ1) is 15.6. The van der Waals surface area contributed by atoms with Crippen LogP contribution in [-0.4, -0.2) is 6.04 Å². The summed E-state index contributed by atoms with van der Waals surface area (Å²) in [4.78, 5) is 2.77. The fourth-order valence-electron chi connectivity index (χ4n) is 2.29. The fourth-order valence-corrected chi connectivity index (χ4v) is 4.91. The molecule has 0 amide bonds. The van der Waals surface area contributed by atoms with Crippen LogP contribution in [0.2, 0.25) is 0 Å². The van der Waals surface area contributed by atoms with E-state index < -0.39 is 0 Å². The SMILES string of the molecule is CCC(N)C(Sc1ccc(C)cc1C)c1sccc1C. The van der Waals surface area contributed by atoms with Gasteiger partial charge < -0.3 is 5.73 Å². The van der Waals surface area contributed by atoms with E-state index in [9.17, 15) is 0 Å². The minimum atomic E-state index is 0.193. The molecule has 0 aliphatic heterocycles. The van der Waals surface area contributed by atoms with E-state index in [1.54, 1.807) is 0 Å². The molecular formula is C17H23NS2. The van der Waals surface area contributed by atoms with Gasteiger partial charge in [0.05, 0.1) is 5.25 Å². The molecule has 2 N–H and O–H groups in total. The van der Waals surface area contributed by atoms with Gasteiger partial charge in [0.25, 0.3) is 0 Å². The van der Waals surface area contributed by atoms with Gasteiger partial charge in [0, 0.05) is 15.8 Å². The Morgan fingerprint density at radius 1 is 1.15 bits per heavy atom. The highest BCUT2D eigenvalue weighted by atomic mass is 32.2. The number of thiophene rings is 1. The minimum Gasteiger partial charge on any atom is -0.326 e. The molecule has 0 saturated heterocycles. The molecule has 3 heteroatoms. The molecule has 1 aromatic heterocycles. The van der Waals surface area contributed by atoms with E-state index in [2.05, 4.69) is 57.3 Å². The Kier molecular flexibility index (Phi) is 5.30. The molecule has 0 aliphatic rings. The topological polar surface area (TPSA) is 26.0 Å². The van der Waals surface area contributed by atoms with Gasteiger partial charge in [-0.05, 0) is 55.8 Å². The van der Waals surface area contributed by atoms with Crippen LogP contribution in [0.3, 0.4) is 0 Å². The summed E-state index contributed by atoms with van der Waals surface area (Å²) >= 11 is 3.74. The summed E-state index contributed by atoms with van der Waals surface area (Å²) < 4.78 is 0. The van der Waals surface area contributed by atoms with Gasteiger partial charge in [0.2, 0.25) is 0 Å². The first-order chi connectivity index (χ1) is 9.52. The zero-order chi connectivity index (χ0) is 14.7. The maximum absolute atomic E-state index is 6.39. The van der Waals surface area contributed by atoms with Crippen molar-refractivity contribution in [1.82, 2.24) is 0 Å².